The molecule has 9 nitrogen and oxygen atoms in total. The molecule has 0 aromatic heterocycles. The van der Waals surface area contributed by atoms with Gasteiger partial charge >= 0.3 is 11.9 Å². The molecule has 0 aromatic rings. The number of esters is 2. The molecule has 2 atom stereocenters. The second-order valence-electron chi connectivity index (χ2n) is 27.7. The van der Waals surface area contributed by atoms with E-state index in [1.807, 2.05) is 21.1 Å². The van der Waals surface area contributed by atoms with E-state index < -0.39 is 26.5 Å². The van der Waals surface area contributed by atoms with Gasteiger partial charge in [0.15, 0.2) is 6.10 Å². The Labute approximate surface area is 537 Å². The van der Waals surface area contributed by atoms with Crippen LogP contribution >= 0.6 is 7.82 Å². The highest BCUT2D eigenvalue weighted by Crippen LogP contribution is 2.38. The van der Waals surface area contributed by atoms with Gasteiger partial charge in [-0.1, -0.05) is 373 Å². The summed E-state index contributed by atoms with van der Waals surface area (Å²) in [7, 11) is 1.20. The van der Waals surface area contributed by atoms with Gasteiger partial charge in [0, 0.05) is 12.8 Å². The Balaban J connectivity index is 3.87. The van der Waals surface area contributed by atoms with Crippen LogP contribution in [0.1, 0.15) is 412 Å². The number of allylic oxidation sites excluding steroid dienone is 2. The Morgan fingerprint density at radius 3 is 0.860 bits per heavy atom. The minimum atomic E-state index is -4.64. The molecule has 0 aliphatic rings. The van der Waals surface area contributed by atoms with E-state index in [2.05, 4.69) is 26.0 Å². The summed E-state index contributed by atoms with van der Waals surface area (Å²) in [5.74, 6) is -0.804. The zero-order chi connectivity index (χ0) is 62.6. The van der Waals surface area contributed by atoms with Crippen molar-refractivity contribution in [2.75, 3.05) is 47.5 Å². The number of rotatable bonds is 73. The zero-order valence-corrected chi connectivity index (χ0v) is 59.5. The average molecular weight is 1240 g/mol. The fraction of sp³-hybridized carbons (Fsp3) is 0.947. The largest absolute Gasteiger partial charge is 0.756 e. The van der Waals surface area contributed by atoms with Crippen molar-refractivity contribution in [1.29, 1.82) is 0 Å². The minimum absolute atomic E-state index is 0.0254. The fourth-order valence-electron chi connectivity index (χ4n) is 11.9. The van der Waals surface area contributed by atoms with Gasteiger partial charge in [0.2, 0.25) is 0 Å². The van der Waals surface area contributed by atoms with E-state index in [1.54, 1.807) is 0 Å². The number of ether oxygens (including phenoxy) is 2. The van der Waals surface area contributed by atoms with Gasteiger partial charge in [-0.15, -0.1) is 0 Å². The third-order valence-corrected chi connectivity index (χ3v) is 18.7. The molecule has 0 fully saturated rings. The molecule has 86 heavy (non-hydrogen) atoms. The van der Waals surface area contributed by atoms with Crippen LogP contribution in [0.2, 0.25) is 0 Å². The number of hydrogen-bond donors (Lipinski definition) is 0. The van der Waals surface area contributed by atoms with E-state index in [-0.39, 0.29) is 32.0 Å². The molecule has 0 aliphatic heterocycles. The topological polar surface area (TPSA) is 111 Å². The van der Waals surface area contributed by atoms with Crippen LogP contribution in [0, 0.1) is 0 Å². The highest BCUT2D eigenvalue weighted by atomic mass is 31.2. The van der Waals surface area contributed by atoms with Gasteiger partial charge in [-0.25, -0.2) is 0 Å². The van der Waals surface area contributed by atoms with Crippen LogP contribution in [0.25, 0.3) is 0 Å². The van der Waals surface area contributed by atoms with E-state index in [0.717, 1.165) is 32.1 Å². The number of hydrogen-bond acceptors (Lipinski definition) is 8. The molecule has 0 aliphatic carbocycles. The molecule has 0 heterocycles. The number of carbonyl (C=O) groups excluding carboxylic acids is 2. The Hall–Kier alpha value is -1.25. The van der Waals surface area contributed by atoms with Crippen molar-refractivity contribution >= 4 is 19.8 Å². The lowest BCUT2D eigenvalue weighted by Gasteiger charge is -2.28. The fourth-order valence-corrected chi connectivity index (χ4v) is 12.6. The number of unbranched alkanes of at least 4 members (excludes halogenated alkanes) is 57. The monoisotopic (exact) mass is 1240 g/mol. The molecule has 0 aromatic carbocycles. The van der Waals surface area contributed by atoms with Crippen molar-refractivity contribution in [1.82, 2.24) is 0 Å². The quantitative estimate of drug-likeness (QED) is 0.0195. The van der Waals surface area contributed by atoms with Crippen LogP contribution in [0.4, 0.5) is 0 Å². The molecule has 0 rings (SSSR count). The van der Waals surface area contributed by atoms with Crippen LogP contribution in [0.15, 0.2) is 12.2 Å². The first-order valence-electron chi connectivity index (χ1n) is 38.4. The SMILES string of the molecule is CCCCCCCCCC/C=C\CCCCCCCCCCCCCCCCCCCCCCCCCCCCCC(=O)OC(COC(=O)CCCCCCCCCCCCCCCCCCCCCCCCC)COP(=O)([O-])OCC[N+](C)(C)C. The highest BCUT2D eigenvalue weighted by Gasteiger charge is 2.22. The lowest BCUT2D eigenvalue weighted by molar-refractivity contribution is -0.870. The predicted molar refractivity (Wildman–Crippen MR) is 370 cm³/mol. The first kappa shape index (κ1) is 84.8. The Morgan fingerprint density at radius 2 is 0.593 bits per heavy atom. The van der Waals surface area contributed by atoms with Crippen molar-refractivity contribution in [3.63, 3.8) is 0 Å². The number of phosphoric ester groups is 1. The summed E-state index contributed by atoms with van der Waals surface area (Å²) >= 11 is 0. The second-order valence-corrected chi connectivity index (χ2v) is 29.1. The van der Waals surface area contributed by atoms with Crippen molar-refractivity contribution < 1.29 is 42.1 Å². The van der Waals surface area contributed by atoms with Gasteiger partial charge in [-0.2, -0.15) is 0 Å². The molecule has 0 N–H and O–H groups in total. The average Bonchev–Trinajstić information content (AvgIpc) is 3.56. The summed E-state index contributed by atoms with van der Waals surface area (Å²) in [6.45, 7) is 4.33. The highest BCUT2D eigenvalue weighted by molar-refractivity contribution is 7.45. The second kappa shape index (κ2) is 68.1. The third kappa shape index (κ3) is 71.8. The Morgan fingerprint density at radius 1 is 0.349 bits per heavy atom. The van der Waals surface area contributed by atoms with Gasteiger partial charge in [0.05, 0.1) is 27.7 Å². The lowest BCUT2D eigenvalue weighted by Crippen LogP contribution is -2.37. The summed E-state index contributed by atoms with van der Waals surface area (Å²) in [6.07, 6.45) is 84.8. The molecule has 0 bridgehead atoms. The Kier molecular flexibility index (Phi) is 67.1. The zero-order valence-electron chi connectivity index (χ0n) is 58.6. The van der Waals surface area contributed by atoms with Crippen molar-refractivity contribution in [2.24, 2.45) is 0 Å². The van der Waals surface area contributed by atoms with Crippen molar-refractivity contribution in [3.05, 3.63) is 12.2 Å². The van der Waals surface area contributed by atoms with Crippen LogP contribution in [-0.4, -0.2) is 70.0 Å². The van der Waals surface area contributed by atoms with Crippen LogP contribution < -0.4 is 4.89 Å². The molecule has 0 saturated carbocycles. The first-order chi connectivity index (χ1) is 42.0. The predicted octanol–water partition coefficient (Wildman–Crippen LogP) is 24.4. The molecule has 512 valence electrons. The number of nitrogens with zero attached hydrogens (tertiary/aromatic N) is 1. The molecular weight excluding hydrogens is 1090 g/mol. The van der Waals surface area contributed by atoms with Gasteiger partial charge in [-0.05, 0) is 38.5 Å². The first-order valence-corrected chi connectivity index (χ1v) is 39.9. The molecule has 2 unspecified atom stereocenters. The van der Waals surface area contributed by atoms with Crippen LogP contribution in [0.5, 0.6) is 0 Å². The van der Waals surface area contributed by atoms with E-state index in [0.29, 0.717) is 17.4 Å². The van der Waals surface area contributed by atoms with Crippen molar-refractivity contribution in [3.8, 4) is 0 Å². The molecule has 0 saturated heterocycles. The summed E-state index contributed by atoms with van der Waals surface area (Å²) in [6, 6.07) is 0. The molecule has 0 amide bonds. The van der Waals surface area contributed by atoms with Crippen LogP contribution in [-0.2, 0) is 32.7 Å². The minimum Gasteiger partial charge on any atom is -0.756 e. The van der Waals surface area contributed by atoms with E-state index >= 15 is 0 Å². The molecule has 0 radical (unpaired) electrons. The maximum Gasteiger partial charge on any atom is 0.306 e. The number of carbonyl (C=O) groups is 2. The van der Waals surface area contributed by atoms with Gasteiger partial charge in [-0.3, -0.25) is 14.2 Å². The Bertz CT molecular complexity index is 1450. The standard InChI is InChI=1S/C76H150NO8P/c1-6-8-10-12-14-16-18-20-22-24-26-28-30-31-32-33-34-35-36-37-38-39-40-41-42-43-44-45-47-49-51-53-55-57-59-61-63-65-67-69-76(79)85-74(73-84-86(80,81)83-71-70-77(3,4)5)72-82-75(78)68-66-64-62-60-58-56-54-52-50-48-46-29-27-25-23-21-19-17-15-13-11-9-7-2/h24,26,74H,6-23,25,27-73H2,1-5H3/b26-24-. The maximum atomic E-state index is 12.9. The smallest absolute Gasteiger partial charge is 0.306 e. The van der Waals surface area contributed by atoms with E-state index in [9.17, 15) is 19.0 Å². The molecule has 10 heteroatoms. The van der Waals surface area contributed by atoms with Gasteiger partial charge in [0.1, 0.15) is 19.8 Å². The number of likely N-dealkylation sites (N-methyl/N-ethyl adjacent to an activating group) is 1. The summed E-state index contributed by atoms with van der Waals surface area (Å²) in [5, 5.41) is 0. The number of quaternary nitrogens is 1. The number of phosphoric acid groups is 1. The summed E-state index contributed by atoms with van der Waals surface area (Å²) in [5.41, 5.74) is 0. The summed E-state index contributed by atoms with van der Waals surface area (Å²) in [4.78, 5) is 38.1. The van der Waals surface area contributed by atoms with Gasteiger partial charge in [0.25, 0.3) is 7.82 Å². The van der Waals surface area contributed by atoms with Gasteiger partial charge < -0.3 is 27.9 Å². The summed E-state index contributed by atoms with van der Waals surface area (Å²) < 4.78 is 34.4. The lowest BCUT2D eigenvalue weighted by atomic mass is 10.0. The van der Waals surface area contributed by atoms with Crippen LogP contribution in [0.3, 0.4) is 0 Å². The molecular formula is C76H150NO8P. The van der Waals surface area contributed by atoms with E-state index in [1.165, 1.54) is 347 Å². The maximum absolute atomic E-state index is 12.9. The third-order valence-electron chi connectivity index (χ3n) is 17.8. The van der Waals surface area contributed by atoms with Crippen molar-refractivity contribution in [2.45, 2.75) is 418 Å². The van der Waals surface area contributed by atoms with E-state index in [4.69, 9.17) is 18.5 Å². The normalized spacial score (nSPS) is 13.0. The molecule has 0 spiro atoms.